The number of benzene rings is 3. The molecule has 0 saturated carbocycles. The average molecular weight is 524 g/mol. The first-order chi connectivity index (χ1) is 17.7. The third kappa shape index (κ3) is 5.36. The van der Waals surface area contributed by atoms with Crippen LogP contribution in [0.3, 0.4) is 0 Å². The Morgan fingerprint density at radius 1 is 0.865 bits per heavy atom. The van der Waals surface area contributed by atoms with E-state index in [1.54, 1.807) is 24.3 Å². The van der Waals surface area contributed by atoms with E-state index in [-0.39, 0.29) is 10.7 Å². The van der Waals surface area contributed by atoms with Crippen LogP contribution in [0.2, 0.25) is 0 Å². The minimum Gasteiger partial charge on any atom is -0.263 e. The van der Waals surface area contributed by atoms with Gasteiger partial charge in [-0.25, -0.2) is 18.4 Å². The molecule has 0 spiro atoms. The highest BCUT2D eigenvalue weighted by Gasteiger charge is 2.31. The zero-order valence-electron chi connectivity index (χ0n) is 19.8. The minimum absolute atomic E-state index is 0.0508. The molecule has 5 nitrogen and oxygen atoms in total. The van der Waals surface area contributed by atoms with E-state index >= 15 is 0 Å². The summed E-state index contributed by atoms with van der Waals surface area (Å²) in [7, 11) is -3.91. The van der Waals surface area contributed by atoms with Crippen molar-refractivity contribution in [2.45, 2.75) is 43.2 Å². The molecule has 0 amide bonds. The Bertz CT molecular complexity index is 1580. The summed E-state index contributed by atoms with van der Waals surface area (Å²) in [5.41, 5.74) is 2.26. The van der Waals surface area contributed by atoms with Gasteiger partial charge in [0.1, 0.15) is 12.1 Å². The Hall–Kier alpha value is -3.72. The van der Waals surface area contributed by atoms with Crippen molar-refractivity contribution < 1.29 is 21.6 Å². The second kappa shape index (κ2) is 9.97. The quantitative estimate of drug-likeness (QED) is 0.295. The molecule has 1 N–H and O–H groups in total. The Morgan fingerprint density at radius 2 is 1.73 bits per heavy atom. The van der Waals surface area contributed by atoms with Crippen molar-refractivity contribution in [2.75, 3.05) is 4.72 Å². The molecule has 1 aromatic heterocycles. The maximum Gasteiger partial charge on any atom is 0.416 e. The summed E-state index contributed by atoms with van der Waals surface area (Å²) in [6.07, 6.45) is 4.83. The number of rotatable bonds is 5. The number of fused-ring (bicyclic) bond motifs is 1. The summed E-state index contributed by atoms with van der Waals surface area (Å²) in [5, 5.41) is 1.41. The van der Waals surface area contributed by atoms with Gasteiger partial charge in [0, 0.05) is 6.20 Å². The summed E-state index contributed by atoms with van der Waals surface area (Å²) >= 11 is 0. The normalized spacial score (nSPS) is 14.7. The third-order valence-electron chi connectivity index (χ3n) is 6.51. The number of hydrogen-bond acceptors (Lipinski definition) is 4. The molecule has 1 aliphatic rings. The zero-order valence-corrected chi connectivity index (χ0v) is 20.6. The molecule has 0 radical (unpaired) electrons. The second-order valence-electron chi connectivity index (χ2n) is 8.98. The van der Waals surface area contributed by atoms with Crippen LogP contribution >= 0.6 is 0 Å². The maximum atomic E-state index is 13.6. The van der Waals surface area contributed by atoms with Crippen LogP contribution in [0, 0.1) is 0 Å². The number of sulfonamides is 1. The molecule has 9 heteroatoms. The van der Waals surface area contributed by atoms with Crippen LogP contribution in [-0.2, 0) is 16.2 Å². The first-order valence-corrected chi connectivity index (χ1v) is 13.4. The first-order valence-electron chi connectivity index (χ1n) is 11.9. The monoisotopic (exact) mass is 523 g/mol. The maximum absolute atomic E-state index is 13.6. The molecule has 190 valence electrons. The smallest absolute Gasteiger partial charge is 0.263 e. The fourth-order valence-electron chi connectivity index (χ4n) is 4.69. The molecule has 5 rings (SSSR count). The van der Waals surface area contributed by atoms with E-state index in [1.165, 1.54) is 36.8 Å². The Labute approximate surface area is 213 Å². The number of anilines is 1. The van der Waals surface area contributed by atoms with Gasteiger partial charge in [-0.1, -0.05) is 42.8 Å². The lowest BCUT2D eigenvalue weighted by Gasteiger charge is -2.18. The van der Waals surface area contributed by atoms with Gasteiger partial charge in [-0.2, -0.15) is 13.2 Å². The Morgan fingerprint density at radius 3 is 2.51 bits per heavy atom. The van der Waals surface area contributed by atoms with Crippen molar-refractivity contribution in [3.63, 3.8) is 0 Å². The van der Waals surface area contributed by atoms with E-state index < -0.39 is 21.8 Å². The average Bonchev–Trinajstić information content (AvgIpc) is 3.17. The predicted octanol–water partition coefficient (Wildman–Crippen LogP) is 7.46. The van der Waals surface area contributed by atoms with E-state index in [1.807, 2.05) is 6.07 Å². The number of alkyl halides is 3. The van der Waals surface area contributed by atoms with Crippen LogP contribution in [0.25, 0.3) is 27.5 Å². The Kier molecular flexibility index (Phi) is 6.72. The van der Waals surface area contributed by atoms with Gasteiger partial charge in [0.2, 0.25) is 0 Å². The van der Waals surface area contributed by atoms with Crippen LogP contribution in [0.1, 0.15) is 43.2 Å². The summed E-state index contributed by atoms with van der Waals surface area (Å²) in [4.78, 5) is 7.73. The SMILES string of the molecule is O=S(=O)(Nc1ccncn1)c1ccc2c(-c3ccc(C(F)(F)F)cc3C3=CCCCCC3)cccc2c1. The van der Waals surface area contributed by atoms with E-state index in [2.05, 4.69) is 20.8 Å². The highest BCUT2D eigenvalue weighted by Crippen LogP contribution is 2.40. The standard InChI is InChI=1S/C28H24F3N3O2S/c29-28(30,31)21-10-12-25(26(17-21)19-6-3-1-2-4-7-19)24-9-5-8-20-16-22(11-13-23(20)24)37(35,36)34-27-14-15-32-18-33-27/h5-6,8-18H,1-4,7H2,(H,32,33,34). The number of nitrogens with one attached hydrogen (secondary N) is 1. The minimum atomic E-state index is -4.45. The fourth-order valence-corrected chi connectivity index (χ4v) is 5.74. The molecule has 4 aromatic rings. The lowest BCUT2D eigenvalue weighted by atomic mass is 9.88. The van der Waals surface area contributed by atoms with Crippen LogP contribution in [0.5, 0.6) is 0 Å². The van der Waals surface area contributed by atoms with Gasteiger partial charge >= 0.3 is 6.18 Å². The molecule has 0 fully saturated rings. The highest BCUT2D eigenvalue weighted by molar-refractivity contribution is 7.92. The molecule has 0 atom stereocenters. The van der Waals surface area contributed by atoms with Gasteiger partial charge in [-0.05, 0) is 89.1 Å². The van der Waals surface area contributed by atoms with Gasteiger partial charge in [0.25, 0.3) is 10.0 Å². The zero-order chi connectivity index (χ0) is 26.0. The van der Waals surface area contributed by atoms with E-state index in [0.29, 0.717) is 16.5 Å². The van der Waals surface area contributed by atoms with Crippen LogP contribution in [0.15, 0.2) is 84.2 Å². The lowest BCUT2D eigenvalue weighted by molar-refractivity contribution is -0.137. The summed E-state index contributed by atoms with van der Waals surface area (Å²) in [5.74, 6) is 0.148. The molecule has 0 bridgehead atoms. The fraction of sp³-hybridized carbons (Fsp3) is 0.214. The third-order valence-corrected chi connectivity index (χ3v) is 7.86. The van der Waals surface area contributed by atoms with Crippen LogP contribution in [0.4, 0.5) is 19.0 Å². The predicted molar refractivity (Wildman–Crippen MR) is 138 cm³/mol. The van der Waals surface area contributed by atoms with Gasteiger partial charge in [-0.3, -0.25) is 4.72 Å². The van der Waals surface area contributed by atoms with E-state index in [0.717, 1.165) is 54.7 Å². The van der Waals surface area contributed by atoms with Gasteiger partial charge < -0.3 is 0 Å². The highest BCUT2D eigenvalue weighted by atomic mass is 32.2. The van der Waals surface area contributed by atoms with Crippen molar-refractivity contribution in [3.8, 4) is 11.1 Å². The molecule has 0 unspecified atom stereocenters. The van der Waals surface area contributed by atoms with Gasteiger partial charge in [-0.15, -0.1) is 0 Å². The molecule has 1 aliphatic carbocycles. The number of halogens is 3. The van der Waals surface area contributed by atoms with Crippen molar-refractivity contribution in [1.29, 1.82) is 0 Å². The largest absolute Gasteiger partial charge is 0.416 e. The molecule has 0 saturated heterocycles. The van der Waals surface area contributed by atoms with Crippen LogP contribution in [-0.4, -0.2) is 18.4 Å². The van der Waals surface area contributed by atoms with Gasteiger partial charge in [0.05, 0.1) is 10.5 Å². The first kappa shape index (κ1) is 25.0. The summed E-state index contributed by atoms with van der Waals surface area (Å²) in [6.45, 7) is 0. The van der Waals surface area contributed by atoms with Crippen molar-refractivity contribution >= 4 is 32.2 Å². The topological polar surface area (TPSA) is 72.0 Å². The number of allylic oxidation sites excluding steroid dienone is 2. The van der Waals surface area contributed by atoms with Crippen molar-refractivity contribution in [1.82, 2.24) is 9.97 Å². The van der Waals surface area contributed by atoms with E-state index in [9.17, 15) is 21.6 Å². The molecule has 1 heterocycles. The second-order valence-corrected chi connectivity index (χ2v) is 10.7. The summed E-state index contributed by atoms with van der Waals surface area (Å²) in [6, 6.07) is 15.5. The Balaban J connectivity index is 1.61. The van der Waals surface area contributed by atoms with Crippen molar-refractivity contribution in [2.24, 2.45) is 0 Å². The van der Waals surface area contributed by atoms with E-state index in [4.69, 9.17) is 0 Å². The number of aromatic nitrogens is 2. The molecule has 37 heavy (non-hydrogen) atoms. The molecule has 0 aliphatic heterocycles. The number of nitrogens with zero attached hydrogens (tertiary/aromatic N) is 2. The number of hydrogen-bond donors (Lipinski definition) is 1. The molecular formula is C28H24F3N3O2S. The summed E-state index contributed by atoms with van der Waals surface area (Å²) < 4.78 is 69.2. The van der Waals surface area contributed by atoms with Crippen molar-refractivity contribution in [3.05, 3.63) is 90.4 Å². The molecule has 3 aromatic carbocycles. The lowest BCUT2D eigenvalue weighted by Crippen LogP contribution is -2.13. The molecular weight excluding hydrogens is 499 g/mol. The van der Waals surface area contributed by atoms with Gasteiger partial charge in [0.15, 0.2) is 0 Å². The van der Waals surface area contributed by atoms with Crippen LogP contribution < -0.4 is 4.72 Å².